The molecule has 1 fully saturated rings. The Morgan fingerprint density at radius 1 is 1.10 bits per heavy atom. The molecule has 0 N–H and O–H groups in total. The topological polar surface area (TPSA) is 77.3 Å². The Kier molecular flexibility index (Phi) is 5.38. The fourth-order valence-electron chi connectivity index (χ4n) is 3.87. The standard InChI is InChI=1S/C21H24N4O3S/c1-16-14-23-21(17-5-4-10-22-15-17)25(16)18-8-11-24(12-9-18)29(26,27)20-7-3-6-19(13-20)28-2/h3-7,10,13-15,18H,8-9,11-12H2,1-2H3. The molecule has 0 amide bonds. The predicted octanol–water partition coefficient (Wildman–Crippen LogP) is 3.29. The fourth-order valence-corrected chi connectivity index (χ4v) is 5.37. The normalized spacial score (nSPS) is 16.1. The minimum Gasteiger partial charge on any atom is -0.497 e. The van der Waals surface area contributed by atoms with Crippen LogP contribution in [0.5, 0.6) is 5.75 Å². The third kappa shape index (κ3) is 3.77. The number of hydrogen-bond donors (Lipinski definition) is 0. The minimum atomic E-state index is -3.54. The molecule has 0 radical (unpaired) electrons. The summed E-state index contributed by atoms with van der Waals surface area (Å²) >= 11 is 0. The van der Waals surface area contributed by atoms with E-state index in [1.807, 2.05) is 25.3 Å². The Hall–Kier alpha value is -2.71. The van der Waals surface area contributed by atoms with Crippen LogP contribution in [0.3, 0.4) is 0 Å². The third-order valence-electron chi connectivity index (χ3n) is 5.37. The van der Waals surface area contributed by atoms with Gasteiger partial charge in [-0.15, -0.1) is 0 Å². The summed E-state index contributed by atoms with van der Waals surface area (Å²) in [5.41, 5.74) is 2.03. The second-order valence-electron chi connectivity index (χ2n) is 7.15. The molecule has 0 unspecified atom stereocenters. The van der Waals surface area contributed by atoms with Crippen molar-refractivity contribution in [3.63, 3.8) is 0 Å². The van der Waals surface area contributed by atoms with E-state index in [1.54, 1.807) is 41.0 Å². The van der Waals surface area contributed by atoms with Crippen LogP contribution < -0.4 is 4.74 Å². The number of aromatic nitrogens is 3. The van der Waals surface area contributed by atoms with Crippen molar-refractivity contribution in [1.29, 1.82) is 0 Å². The van der Waals surface area contributed by atoms with Crippen LogP contribution in [-0.4, -0.2) is 47.5 Å². The molecule has 7 nitrogen and oxygen atoms in total. The highest BCUT2D eigenvalue weighted by atomic mass is 32.2. The molecule has 0 aliphatic carbocycles. The van der Waals surface area contributed by atoms with Gasteiger partial charge in [0.2, 0.25) is 10.0 Å². The first-order valence-corrected chi connectivity index (χ1v) is 11.0. The predicted molar refractivity (Wildman–Crippen MR) is 110 cm³/mol. The summed E-state index contributed by atoms with van der Waals surface area (Å²) in [6.45, 7) is 2.97. The zero-order chi connectivity index (χ0) is 20.4. The molecule has 1 aromatic carbocycles. The van der Waals surface area contributed by atoms with E-state index < -0.39 is 10.0 Å². The summed E-state index contributed by atoms with van der Waals surface area (Å²) in [4.78, 5) is 9.04. The monoisotopic (exact) mass is 412 g/mol. The molecule has 1 aliphatic heterocycles. The molecule has 29 heavy (non-hydrogen) atoms. The van der Waals surface area contributed by atoms with Crippen LogP contribution in [0, 0.1) is 6.92 Å². The number of imidazole rings is 1. The van der Waals surface area contributed by atoms with Crippen molar-refractivity contribution in [2.75, 3.05) is 20.2 Å². The highest BCUT2D eigenvalue weighted by Crippen LogP contribution is 2.32. The number of aryl methyl sites for hydroxylation is 1. The van der Waals surface area contributed by atoms with Crippen LogP contribution in [0.2, 0.25) is 0 Å². The molecule has 152 valence electrons. The van der Waals surface area contributed by atoms with Gasteiger partial charge in [-0.3, -0.25) is 4.98 Å². The first-order chi connectivity index (χ1) is 14.0. The van der Waals surface area contributed by atoms with Crippen LogP contribution in [0.15, 0.2) is 59.9 Å². The van der Waals surface area contributed by atoms with Gasteiger partial charge in [0.1, 0.15) is 11.6 Å². The lowest BCUT2D eigenvalue weighted by molar-refractivity contribution is 0.273. The summed E-state index contributed by atoms with van der Waals surface area (Å²) in [7, 11) is -2.01. The Bertz CT molecular complexity index is 1090. The summed E-state index contributed by atoms with van der Waals surface area (Å²) in [5.74, 6) is 1.42. The third-order valence-corrected chi connectivity index (χ3v) is 7.26. The van der Waals surface area contributed by atoms with Crippen molar-refractivity contribution in [1.82, 2.24) is 18.8 Å². The molecule has 0 spiro atoms. The maximum Gasteiger partial charge on any atom is 0.243 e. The van der Waals surface area contributed by atoms with Crippen molar-refractivity contribution < 1.29 is 13.2 Å². The van der Waals surface area contributed by atoms with Crippen LogP contribution in [-0.2, 0) is 10.0 Å². The Morgan fingerprint density at radius 2 is 1.90 bits per heavy atom. The average molecular weight is 413 g/mol. The first-order valence-electron chi connectivity index (χ1n) is 9.59. The number of pyridine rings is 1. The Labute approximate surface area is 171 Å². The SMILES string of the molecule is COc1cccc(S(=O)(=O)N2CCC(n3c(C)cnc3-c3cccnc3)CC2)c1. The number of ether oxygens (including phenoxy) is 1. The quantitative estimate of drug-likeness (QED) is 0.643. The largest absolute Gasteiger partial charge is 0.497 e. The number of methoxy groups -OCH3 is 1. The first kappa shape index (κ1) is 19.6. The minimum absolute atomic E-state index is 0.199. The number of benzene rings is 1. The van der Waals surface area contributed by atoms with Crippen molar-refractivity contribution in [3.05, 3.63) is 60.7 Å². The lowest BCUT2D eigenvalue weighted by Gasteiger charge is -2.33. The lowest BCUT2D eigenvalue weighted by Crippen LogP contribution is -2.39. The van der Waals surface area contributed by atoms with Gasteiger partial charge in [0, 0.05) is 55.0 Å². The molecular formula is C21H24N4O3S. The van der Waals surface area contributed by atoms with Crippen LogP contribution in [0.1, 0.15) is 24.6 Å². The number of hydrogen-bond acceptors (Lipinski definition) is 5. The molecule has 2 aromatic heterocycles. The zero-order valence-electron chi connectivity index (χ0n) is 16.5. The molecule has 1 saturated heterocycles. The van der Waals surface area contributed by atoms with Gasteiger partial charge in [-0.1, -0.05) is 6.07 Å². The summed E-state index contributed by atoms with van der Waals surface area (Å²) in [6, 6.07) is 10.7. The number of rotatable bonds is 5. The molecule has 0 saturated carbocycles. The van der Waals surface area contributed by atoms with Gasteiger partial charge < -0.3 is 9.30 Å². The van der Waals surface area contributed by atoms with E-state index in [-0.39, 0.29) is 10.9 Å². The molecule has 1 aliphatic rings. The Morgan fingerprint density at radius 3 is 2.59 bits per heavy atom. The van der Waals surface area contributed by atoms with Crippen molar-refractivity contribution in [2.24, 2.45) is 0 Å². The summed E-state index contributed by atoms with van der Waals surface area (Å²) in [6.07, 6.45) is 6.87. The molecular weight excluding hydrogens is 388 g/mol. The van der Waals surface area contributed by atoms with Gasteiger partial charge in [0.05, 0.1) is 12.0 Å². The van der Waals surface area contributed by atoms with Crippen molar-refractivity contribution in [3.8, 4) is 17.1 Å². The van der Waals surface area contributed by atoms with E-state index >= 15 is 0 Å². The van der Waals surface area contributed by atoms with Crippen LogP contribution >= 0.6 is 0 Å². The van der Waals surface area contributed by atoms with E-state index in [0.29, 0.717) is 18.8 Å². The maximum atomic E-state index is 13.0. The second kappa shape index (κ2) is 7.96. The smallest absolute Gasteiger partial charge is 0.243 e. The van der Waals surface area contributed by atoms with Crippen molar-refractivity contribution >= 4 is 10.0 Å². The lowest BCUT2D eigenvalue weighted by atomic mass is 10.1. The number of piperidine rings is 1. The zero-order valence-corrected chi connectivity index (χ0v) is 17.3. The highest BCUT2D eigenvalue weighted by molar-refractivity contribution is 7.89. The number of nitrogens with zero attached hydrogens (tertiary/aromatic N) is 4. The van der Waals surface area contributed by atoms with Crippen LogP contribution in [0.4, 0.5) is 0 Å². The van der Waals surface area contributed by atoms with Gasteiger partial charge in [0.25, 0.3) is 0 Å². The van der Waals surface area contributed by atoms with Gasteiger partial charge in [-0.25, -0.2) is 13.4 Å². The summed E-state index contributed by atoms with van der Waals surface area (Å²) < 4.78 is 35.0. The van der Waals surface area contributed by atoms with E-state index in [2.05, 4.69) is 14.5 Å². The molecule has 0 bridgehead atoms. The van der Waals surface area contributed by atoms with E-state index in [9.17, 15) is 8.42 Å². The molecule has 8 heteroatoms. The van der Waals surface area contributed by atoms with Gasteiger partial charge in [-0.2, -0.15) is 4.31 Å². The second-order valence-corrected chi connectivity index (χ2v) is 9.09. The van der Waals surface area contributed by atoms with Gasteiger partial charge >= 0.3 is 0 Å². The maximum absolute atomic E-state index is 13.0. The van der Waals surface area contributed by atoms with E-state index in [0.717, 1.165) is 29.9 Å². The van der Waals surface area contributed by atoms with Gasteiger partial charge in [0.15, 0.2) is 0 Å². The fraction of sp³-hybridized carbons (Fsp3) is 0.333. The Balaban J connectivity index is 1.54. The average Bonchev–Trinajstić information content (AvgIpc) is 3.16. The van der Waals surface area contributed by atoms with Gasteiger partial charge in [-0.05, 0) is 44.0 Å². The van der Waals surface area contributed by atoms with E-state index in [1.165, 1.54) is 7.11 Å². The molecule has 3 aromatic rings. The highest BCUT2D eigenvalue weighted by Gasteiger charge is 2.31. The summed E-state index contributed by atoms with van der Waals surface area (Å²) in [5, 5.41) is 0. The molecule has 0 atom stereocenters. The van der Waals surface area contributed by atoms with Crippen molar-refractivity contribution in [2.45, 2.75) is 30.7 Å². The molecule has 4 rings (SSSR count). The van der Waals surface area contributed by atoms with E-state index in [4.69, 9.17) is 4.74 Å². The number of sulfonamides is 1. The molecule has 3 heterocycles. The van der Waals surface area contributed by atoms with Crippen LogP contribution in [0.25, 0.3) is 11.4 Å².